The van der Waals surface area contributed by atoms with E-state index in [1.165, 1.54) is 38.8 Å². The average molecular weight is 276 g/mol. The van der Waals surface area contributed by atoms with Gasteiger partial charge in [0.2, 0.25) is 0 Å². The first-order valence-corrected chi connectivity index (χ1v) is 7.85. The summed E-state index contributed by atoms with van der Waals surface area (Å²) in [6, 6.07) is 2.28. The number of H-pyrrole nitrogens is 1. The second kappa shape index (κ2) is 5.95. The van der Waals surface area contributed by atoms with Gasteiger partial charge in [0, 0.05) is 31.6 Å². The van der Waals surface area contributed by atoms with Gasteiger partial charge in [-0.15, -0.1) is 0 Å². The van der Waals surface area contributed by atoms with Crippen molar-refractivity contribution in [2.75, 3.05) is 31.1 Å². The van der Waals surface area contributed by atoms with Crippen molar-refractivity contribution in [1.29, 1.82) is 0 Å². The molecule has 2 fully saturated rings. The largest absolute Gasteiger partial charge is 0.355 e. The number of aryl methyl sites for hydroxylation is 1. The Morgan fingerprint density at radius 3 is 2.85 bits per heavy atom. The molecule has 1 aromatic rings. The smallest absolute Gasteiger partial charge is 0.252 e. The Morgan fingerprint density at radius 2 is 2.10 bits per heavy atom. The summed E-state index contributed by atoms with van der Waals surface area (Å²) in [5.74, 6) is 1.64. The standard InChI is InChI=1S/C15H24N4O/c1-2-13-16-14(10-15(20)17-13)19-9-6-12(11-19)18-7-4-3-5-8-18/h10,12H,2-9,11H2,1H3,(H,16,17,20). The number of hydrogen-bond donors (Lipinski definition) is 1. The van der Waals surface area contributed by atoms with Gasteiger partial charge in [0.05, 0.1) is 0 Å². The van der Waals surface area contributed by atoms with Gasteiger partial charge in [-0.05, 0) is 32.4 Å². The van der Waals surface area contributed by atoms with Gasteiger partial charge in [0.25, 0.3) is 5.56 Å². The maximum Gasteiger partial charge on any atom is 0.252 e. The average Bonchev–Trinajstić information content (AvgIpc) is 2.97. The van der Waals surface area contributed by atoms with Crippen LogP contribution in [0.3, 0.4) is 0 Å². The highest BCUT2D eigenvalue weighted by Crippen LogP contribution is 2.23. The van der Waals surface area contributed by atoms with E-state index < -0.39 is 0 Å². The molecule has 0 spiro atoms. The Labute approximate surface area is 120 Å². The molecule has 2 saturated heterocycles. The van der Waals surface area contributed by atoms with Crippen molar-refractivity contribution in [2.45, 2.75) is 45.1 Å². The molecular formula is C15H24N4O. The molecule has 20 heavy (non-hydrogen) atoms. The molecule has 0 radical (unpaired) electrons. The second-order valence-electron chi connectivity index (χ2n) is 5.89. The highest BCUT2D eigenvalue weighted by molar-refractivity contribution is 5.39. The van der Waals surface area contributed by atoms with E-state index in [4.69, 9.17) is 0 Å². The Hall–Kier alpha value is -1.36. The number of likely N-dealkylation sites (tertiary alicyclic amines) is 1. The first-order chi connectivity index (χ1) is 9.76. The maximum atomic E-state index is 11.7. The zero-order valence-electron chi connectivity index (χ0n) is 12.3. The molecule has 0 saturated carbocycles. The predicted octanol–water partition coefficient (Wildman–Crippen LogP) is 1.40. The van der Waals surface area contributed by atoms with E-state index in [0.29, 0.717) is 6.04 Å². The third-order valence-electron chi connectivity index (χ3n) is 4.51. The Balaban J connectivity index is 1.70. The summed E-state index contributed by atoms with van der Waals surface area (Å²) in [6.45, 7) is 6.52. The molecule has 0 aliphatic carbocycles. The van der Waals surface area contributed by atoms with Crippen LogP contribution in [0.25, 0.3) is 0 Å². The normalized spacial score (nSPS) is 24.2. The molecule has 3 heterocycles. The summed E-state index contributed by atoms with van der Waals surface area (Å²) >= 11 is 0. The van der Waals surface area contributed by atoms with Crippen molar-refractivity contribution in [3.05, 3.63) is 22.2 Å². The van der Waals surface area contributed by atoms with E-state index in [0.717, 1.165) is 31.2 Å². The molecule has 1 atom stereocenters. The van der Waals surface area contributed by atoms with Crippen LogP contribution < -0.4 is 10.5 Å². The molecule has 0 bridgehead atoms. The Bertz CT molecular complexity index is 507. The third kappa shape index (κ3) is 2.87. The molecule has 2 aliphatic rings. The van der Waals surface area contributed by atoms with E-state index in [-0.39, 0.29) is 5.56 Å². The van der Waals surface area contributed by atoms with E-state index in [1.807, 2.05) is 6.92 Å². The number of aromatic nitrogens is 2. The highest BCUT2D eigenvalue weighted by atomic mass is 16.1. The molecule has 0 amide bonds. The van der Waals surface area contributed by atoms with Gasteiger partial charge in [0.15, 0.2) is 0 Å². The quantitative estimate of drug-likeness (QED) is 0.906. The topological polar surface area (TPSA) is 52.2 Å². The molecule has 1 unspecified atom stereocenters. The summed E-state index contributed by atoms with van der Waals surface area (Å²) in [6.07, 6.45) is 6.00. The Kier molecular flexibility index (Phi) is 4.05. The first-order valence-electron chi connectivity index (χ1n) is 7.85. The van der Waals surface area contributed by atoms with Crippen LogP contribution in [0.5, 0.6) is 0 Å². The number of nitrogens with one attached hydrogen (secondary N) is 1. The molecule has 5 heteroatoms. The van der Waals surface area contributed by atoms with Crippen molar-refractivity contribution in [2.24, 2.45) is 0 Å². The van der Waals surface area contributed by atoms with Gasteiger partial charge in [0.1, 0.15) is 11.6 Å². The number of aromatic amines is 1. The predicted molar refractivity (Wildman–Crippen MR) is 80.3 cm³/mol. The molecule has 1 N–H and O–H groups in total. The van der Waals surface area contributed by atoms with Crippen molar-refractivity contribution < 1.29 is 0 Å². The van der Waals surface area contributed by atoms with Gasteiger partial charge >= 0.3 is 0 Å². The van der Waals surface area contributed by atoms with Crippen molar-refractivity contribution in [3.63, 3.8) is 0 Å². The minimum Gasteiger partial charge on any atom is -0.355 e. The summed E-state index contributed by atoms with van der Waals surface area (Å²) in [7, 11) is 0. The van der Waals surface area contributed by atoms with E-state index >= 15 is 0 Å². The Morgan fingerprint density at radius 1 is 1.30 bits per heavy atom. The van der Waals surface area contributed by atoms with E-state index in [1.54, 1.807) is 6.07 Å². The molecule has 110 valence electrons. The minimum atomic E-state index is -0.0340. The zero-order chi connectivity index (χ0) is 13.9. The lowest BCUT2D eigenvalue weighted by Crippen LogP contribution is -2.41. The van der Waals surface area contributed by atoms with Crippen LogP contribution in [0.4, 0.5) is 5.82 Å². The monoisotopic (exact) mass is 276 g/mol. The van der Waals surface area contributed by atoms with Crippen LogP contribution >= 0.6 is 0 Å². The van der Waals surface area contributed by atoms with Crippen molar-refractivity contribution in [1.82, 2.24) is 14.9 Å². The number of hydrogen-bond acceptors (Lipinski definition) is 4. The maximum absolute atomic E-state index is 11.7. The molecule has 3 rings (SSSR count). The second-order valence-corrected chi connectivity index (χ2v) is 5.89. The van der Waals surface area contributed by atoms with Crippen LogP contribution in [-0.2, 0) is 6.42 Å². The lowest BCUT2D eigenvalue weighted by molar-refractivity contribution is 0.175. The fraction of sp³-hybridized carbons (Fsp3) is 0.733. The number of rotatable bonds is 3. The summed E-state index contributed by atoms with van der Waals surface area (Å²) in [4.78, 5) is 23.9. The first kappa shape index (κ1) is 13.6. The third-order valence-corrected chi connectivity index (χ3v) is 4.51. The van der Waals surface area contributed by atoms with E-state index in [9.17, 15) is 4.79 Å². The van der Waals surface area contributed by atoms with Gasteiger partial charge in [-0.2, -0.15) is 0 Å². The number of piperidine rings is 1. The van der Waals surface area contributed by atoms with Crippen LogP contribution in [-0.4, -0.2) is 47.1 Å². The summed E-state index contributed by atoms with van der Waals surface area (Å²) in [5.41, 5.74) is -0.0340. The number of anilines is 1. The van der Waals surface area contributed by atoms with Crippen molar-refractivity contribution >= 4 is 5.82 Å². The number of nitrogens with zero attached hydrogens (tertiary/aromatic N) is 3. The highest BCUT2D eigenvalue weighted by Gasteiger charge is 2.29. The van der Waals surface area contributed by atoms with E-state index in [2.05, 4.69) is 19.8 Å². The summed E-state index contributed by atoms with van der Waals surface area (Å²) in [5, 5.41) is 0. The van der Waals surface area contributed by atoms with Gasteiger partial charge in [-0.25, -0.2) is 4.98 Å². The van der Waals surface area contributed by atoms with Crippen molar-refractivity contribution in [3.8, 4) is 0 Å². The van der Waals surface area contributed by atoms with Crippen LogP contribution in [0.15, 0.2) is 10.9 Å². The fourth-order valence-corrected chi connectivity index (χ4v) is 3.35. The minimum absolute atomic E-state index is 0.0340. The van der Waals surface area contributed by atoms with Gasteiger partial charge < -0.3 is 9.88 Å². The van der Waals surface area contributed by atoms with Crippen LogP contribution in [0.1, 0.15) is 38.4 Å². The van der Waals surface area contributed by atoms with Crippen LogP contribution in [0.2, 0.25) is 0 Å². The van der Waals surface area contributed by atoms with Crippen LogP contribution in [0, 0.1) is 0 Å². The van der Waals surface area contributed by atoms with Gasteiger partial charge in [-0.1, -0.05) is 13.3 Å². The molecule has 0 aromatic carbocycles. The molecule has 5 nitrogen and oxygen atoms in total. The van der Waals surface area contributed by atoms with Gasteiger partial charge in [-0.3, -0.25) is 9.69 Å². The summed E-state index contributed by atoms with van der Waals surface area (Å²) < 4.78 is 0. The lowest BCUT2D eigenvalue weighted by Gasteiger charge is -2.32. The lowest BCUT2D eigenvalue weighted by atomic mass is 10.1. The zero-order valence-corrected chi connectivity index (χ0v) is 12.3. The SMILES string of the molecule is CCc1nc(N2CCC(N3CCCCC3)C2)cc(=O)[nH]1. The fourth-order valence-electron chi connectivity index (χ4n) is 3.35. The molecular weight excluding hydrogens is 252 g/mol. The molecule has 2 aliphatic heterocycles. The molecule has 1 aromatic heterocycles.